The maximum Gasteiger partial charge on any atom is 0.408 e. The van der Waals surface area contributed by atoms with Crippen molar-refractivity contribution in [1.29, 1.82) is 0 Å². The Labute approximate surface area is 175 Å². The van der Waals surface area contributed by atoms with Gasteiger partial charge in [0.2, 0.25) is 5.91 Å². The average molecular weight is 420 g/mol. The molecule has 0 saturated heterocycles. The number of amides is 2. The van der Waals surface area contributed by atoms with Crippen molar-refractivity contribution in [1.82, 2.24) is 10.3 Å². The molecule has 1 aromatic carbocycles. The molecule has 0 fully saturated rings. The van der Waals surface area contributed by atoms with Gasteiger partial charge in [0.15, 0.2) is 0 Å². The van der Waals surface area contributed by atoms with Gasteiger partial charge in [-0.1, -0.05) is 13.8 Å². The second-order valence-corrected chi connectivity index (χ2v) is 8.98. The standard InChI is InChI=1S/C21H29N3O4S/c1-13(2)9-16(24-20(26)28-21(3,4)5)19(25)23-14-7-8-15(17(10-14)27-6)18-11-22-12-29-18/h7-8,10-13,16H,9H2,1-6H3,(H,23,25)(H,24,26). The third-order valence-corrected chi connectivity index (χ3v) is 4.69. The van der Waals surface area contributed by atoms with Gasteiger partial charge in [-0.05, 0) is 45.2 Å². The summed E-state index contributed by atoms with van der Waals surface area (Å²) in [6.45, 7) is 9.32. The molecule has 1 aromatic heterocycles. The van der Waals surface area contributed by atoms with E-state index in [4.69, 9.17) is 9.47 Å². The van der Waals surface area contributed by atoms with Crippen LogP contribution in [0.1, 0.15) is 41.0 Å². The minimum atomic E-state index is -0.711. The molecule has 8 heteroatoms. The summed E-state index contributed by atoms with van der Waals surface area (Å²) in [5.74, 6) is 0.536. The summed E-state index contributed by atoms with van der Waals surface area (Å²) >= 11 is 1.51. The molecule has 2 N–H and O–H groups in total. The van der Waals surface area contributed by atoms with Crippen molar-refractivity contribution in [2.24, 2.45) is 5.92 Å². The van der Waals surface area contributed by atoms with Crippen molar-refractivity contribution in [3.8, 4) is 16.2 Å². The van der Waals surface area contributed by atoms with Crippen molar-refractivity contribution >= 4 is 29.0 Å². The largest absolute Gasteiger partial charge is 0.496 e. The fraction of sp³-hybridized carbons (Fsp3) is 0.476. The molecule has 2 aromatic rings. The normalized spacial score (nSPS) is 12.4. The van der Waals surface area contributed by atoms with E-state index in [9.17, 15) is 9.59 Å². The highest BCUT2D eigenvalue weighted by atomic mass is 32.1. The number of carbonyl (C=O) groups excluding carboxylic acids is 2. The summed E-state index contributed by atoms with van der Waals surface area (Å²) in [7, 11) is 1.58. The van der Waals surface area contributed by atoms with E-state index in [1.54, 1.807) is 51.7 Å². The zero-order valence-corrected chi connectivity index (χ0v) is 18.6. The van der Waals surface area contributed by atoms with Gasteiger partial charge in [0.05, 0.1) is 17.5 Å². The van der Waals surface area contributed by atoms with Crippen molar-refractivity contribution < 1.29 is 19.1 Å². The van der Waals surface area contributed by atoms with Crippen LogP contribution in [0.15, 0.2) is 29.9 Å². The van der Waals surface area contributed by atoms with Gasteiger partial charge >= 0.3 is 6.09 Å². The summed E-state index contributed by atoms with van der Waals surface area (Å²) in [4.78, 5) is 30.0. The monoisotopic (exact) mass is 419 g/mol. The predicted molar refractivity (Wildman–Crippen MR) is 115 cm³/mol. The molecule has 1 heterocycles. The molecule has 7 nitrogen and oxygen atoms in total. The molecule has 0 spiro atoms. The van der Waals surface area contributed by atoms with Gasteiger partial charge in [0, 0.05) is 23.5 Å². The number of thiazole rings is 1. The number of aromatic nitrogens is 1. The third-order valence-electron chi connectivity index (χ3n) is 3.88. The van der Waals surface area contributed by atoms with E-state index < -0.39 is 17.7 Å². The van der Waals surface area contributed by atoms with Gasteiger partial charge in [-0.15, -0.1) is 11.3 Å². The van der Waals surface area contributed by atoms with Crippen LogP contribution in [-0.2, 0) is 9.53 Å². The number of anilines is 1. The van der Waals surface area contributed by atoms with Crippen LogP contribution in [0.25, 0.3) is 10.4 Å². The predicted octanol–water partition coefficient (Wildman–Crippen LogP) is 4.70. The Morgan fingerprint density at radius 1 is 1.24 bits per heavy atom. The van der Waals surface area contributed by atoms with Crippen LogP contribution < -0.4 is 15.4 Å². The Hall–Kier alpha value is -2.61. The Balaban J connectivity index is 2.14. The maximum absolute atomic E-state index is 12.8. The van der Waals surface area contributed by atoms with E-state index in [2.05, 4.69) is 15.6 Å². The third kappa shape index (κ3) is 7.05. The van der Waals surface area contributed by atoms with Gasteiger partial charge in [-0.25, -0.2) is 4.79 Å². The lowest BCUT2D eigenvalue weighted by Gasteiger charge is -2.24. The number of rotatable bonds is 7. The topological polar surface area (TPSA) is 89.6 Å². The van der Waals surface area contributed by atoms with E-state index >= 15 is 0 Å². The van der Waals surface area contributed by atoms with Crippen molar-refractivity contribution in [2.75, 3.05) is 12.4 Å². The summed E-state index contributed by atoms with van der Waals surface area (Å²) in [5, 5.41) is 5.54. The van der Waals surface area contributed by atoms with Gasteiger partial charge in [-0.2, -0.15) is 0 Å². The zero-order chi connectivity index (χ0) is 21.6. The lowest BCUT2D eigenvalue weighted by molar-refractivity contribution is -0.118. The summed E-state index contributed by atoms with van der Waals surface area (Å²) in [5.41, 5.74) is 2.60. The molecule has 1 atom stereocenters. The Kier molecular flexibility index (Phi) is 7.61. The van der Waals surface area contributed by atoms with Crippen LogP contribution in [-0.4, -0.2) is 35.7 Å². The van der Waals surface area contributed by atoms with Gasteiger partial charge < -0.3 is 20.1 Å². The molecule has 0 bridgehead atoms. The molecule has 0 radical (unpaired) electrons. The van der Waals surface area contributed by atoms with E-state index in [0.29, 0.717) is 17.9 Å². The molecule has 0 aliphatic heterocycles. The smallest absolute Gasteiger partial charge is 0.408 e. The SMILES string of the molecule is COc1cc(NC(=O)C(CC(C)C)NC(=O)OC(C)(C)C)ccc1-c1cncs1. The minimum Gasteiger partial charge on any atom is -0.496 e. The number of nitrogens with zero attached hydrogens (tertiary/aromatic N) is 1. The summed E-state index contributed by atoms with van der Waals surface area (Å²) in [6.07, 6.45) is 1.64. The van der Waals surface area contributed by atoms with Crippen LogP contribution in [0.5, 0.6) is 5.75 Å². The first kappa shape index (κ1) is 22.7. The number of hydrogen-bond acceptors (Lipinski definition) is 6. The summed E-state index contributed by atoms with van der Waals surface area (Å²) < 4.78 is 10.8. The molecule has 29 heavy (non-hydrogen) atoms. The van der Waals surface area contributed by atoms with Crippen LogP contribution >= 0.6 is 11.3 Å². The molecular formula is C21H29N3O4S. The number of ether oxygens (including phenoxy) is 2. The fourth-order valence-electron chi connectivity index (χ4n) is 2.70. The summed E-state index contributed by atoms with van der Waals surface area (Å²) in [6, 6.07) is 4.72. The number of nitrogens with one attached hydrogen (secondary N) is 2. The molecule has 0 aliphatic rings. The Morgan fingerprint density at radius 2 is 1.97 bits per heavy atom. The second-order valence-electron chi connectivity index (χ2n) is 8.10. The Bertz CT molecular complexity index is 829. The second kappa shape index (κ2) is 9.73. The first-order valence-electron chi connectivity index (χ1n) is 9.46. The lowest BCUT2D eigenvalue weighted by Crippen LogP contribution is -2.46. The fourth-order valence-corrected chi connectivity index (χ4v) is 3.36. The minimum absolute atomic E-state index is 0.212. The van der Waals surface area contributed by atoms with Crippen LogP contribution in [0.2, 0.25) is 0 Å². The maximum atomic E-state index is 12.8. The molecular weight excluding hydrogens is 390 g/mol. The van der Waals surface area contributed by atoms with Crippen LogP contribution in [0.3, 0.4) is 0 Å². The van der Waals surface area contributed by atoms with Crippen LogP contribution in [0, 0.1) is 5.92 Å². The number of methoxy groups -OCH3 is 1. The highest BCUT2D eigenvalue weighted by Crippen LogP contribution is 2.34. The molecule has 1 unspecified atom stereocenters. The van der Waals surface area contributed by atoms with E-state index in [1.807, 2.05) is 19.9 Å². The van der Waals surface area contributed by atoms with E-state index in [-0.39, 0.29) is 11.8 Å². The van der Waals surface area contributed by atoms with Gasteiger partial charge in [0.1, 0.15) is 17.4 Å². The molecule has 2 rings (SSSR count). The molecule has 158 valence electrons. The first-order valence-corrected chi connectivity index (χ1v) is 10.3. The Morgan fingerprint density at radius 3 is 2.52 bits per heavy atom. The highest BCUT2D eigenvalue weighted by molar-refractivity contribution is 7.13. The van der Waals surface area contributed by atoms with E-state index in [1.165, 1.54) is 11.3 Å². The highest BCUT2D eigenvalue weighted by Gasteiger charge is 2.25. The molecule has 2 amide bonds. The van der Waals surface area contributed by atoms with Crippen molar-refractivity contribution in [3.05, 3.63) is 29.9 Å². The van der Waals surface area contributed by atoms with Crippen molar-refractivity contribution in [3.63, 3.8) is 0 Å². The molecule has 0 aliphatic carbocycles. The number of alkyl carbamates (subject to hydrolysis) is 1. The van der Waals surface area contributed by atoms with Crippen LogP contribution in [0.4, 0.5) is 10.5 Å². The van der Waals surface area contributed by atoms with E-state index in [0.717, 1.165) is 10.4 Å². The lowest BCUT2D eigenvalue weighted by atomic mass is 10.0. The zero-order valence-electron chi connectivity index (χ0n) is 17.7. The average Bonchev–Trinajstić information content (AvgIpc) is 3.13. The van der Waals surface area contributed by atoms with Gasteiger partial charge in [0.25, 0.3) is 0 Å². The molecule has 0 saturated carbocycles. The number of hydrogen-bond donors (Lipinski definition) is 2. The van der Waals surface area contributed by atoms with Crippen molar-refractivity contribution in [2.45, 2.75) is 52.7 Å². The number of carbonyl (C=O) groups is 2. The number of benzene rings is 1. The van der Waals surface area contributed by atoms with Gasteiger partial charge in [-0.3, -0.25) is 9.78 Å². The quantitative estimate of drug-likeness (QED) is 0.679. The first-order chi connectivity index (χ1) is 13.6.